The van der Waals surface area contributed by atoms with Crippen LogP contribution in [0, 0.1) is 23.7 Å². The van der Waals surface area contributed by atoms with Gasteiger partial charge in [0, 0.05) is 12.2 Å². The van der Waals surface area contributed by atoms with Crippen LogP contribution in [0.4, 0.5) is 0 Å². The maximum atomic E-state index is 11.5. The zero-order valence-electron chi connectivity index (χ0n) is 14.3. The molecular formula is C19H25O4P. The lowest BCUT2D eigenvalue weighted by atomic mass is 9.54. The SMILES string of the molecule is COC(=C1C2CC3CC(C2)CC1C3)c1cccc(OP(C)(=O)O)c1. The molecule has 1 aromatic rings. The second-order valence-electron chi connectivity index (χ2n) is 7.72. The first-order valence-electron chi connectivity index (χ1n) is 8.81. The van der Waals surface area contributed by atoms with Gasteiger partial charge in [-0.05, 0) is 73.5 Å². The minimum Gasteiger partial charge on any atom is -0.496 e. The van der Waals surface area contributed by atoms with E-state index in [1.54, 1.807) is 13.2 Å². The van der Waals surface area contributed by atoms with Gasteiger partial charge in [-0.2, -0.15) is 0 Å². The summed E-state index contributed by atoms with van der Waals surface area (Å²) in [4.78, 5) is 9.46. The van der Waals surface area contributed by atoms with E-state index in [4.69, 9.17) is 9.26 Å². The van der Waals surface area contributed by atoms with Gasteiger partial charge in [-0.25, -0.2) is 4.57 Å². The van der Waals surface area contributed by atoms with Crippen molar-refractivity contribution in [3.63, 3.8) is 0 Å². The molecule has 4 nitrogen and oxygen atoms in total. The van der Waals surface area contributed by atoms with Gasteiger partial charge in [-0.1, -0.05) is 12.1 Å². The topological polar surface area (TPSA) is 55.8 Å². The first-order chi connectivity index (χ1) is 11.4. The van der Waals surface area contributed by atoms with Gasteiger partial charge in [0.05, 0.1) is 7.11 Å². The molecular weight excluding hydrogens is 323 g/mol. The molecule has 0 heterocycles. The van der Waals surface area contributed by atoms with Gasteiger partial charge >= 0.3 is 7.60 Å². The maximum Gasteiger partial charge on any atom is 0.373 e. The summed E-state index contributed by atoms with van der Waals surface area (Å²) in [7, 11) is -1.82. The predicted molar refractivity (Wildman–Crippen MR) is 93.8 cm³/mol. The van der Waals surface area contributed by atoms with E-state index in [1.807, 2.05) is 18.2 Å². The molecule has 1 unspecified atom stereocenters. The van der Waals surface area contributed by atoms with Crippen LogP contribution < -0.4 is 4.52 Å². The van der Waals surface area contributed by atoms with E-state index in [2.05, 4.69) is 0 Å². The van der Waals surface area contributed by atoms with E-state index in [0.717, 1.165) is 23.2 Å². The van der Waals surface area contributed by atoms with Crippen molar-refractivity contribution in [2.24, 2.45) is 23.7 Å². The third-order valence-corrected chi connectivity index (χ3v) is 6.40. The van der Waals surface area contributed by atoms with Crippen molar-refractivity contribution in [2.45, 2.75) is 32.1 Å². The molecule has 1 aromatic carbocycles. The lowest BCUT2D eigenvalue weighted by Crippen LogP contribution is -2.40. The Kier molecular flexibility index (Phi) is 4.01. The first-order valence-corrected chi connectivity index (χ1v) is 10.8. The number of benzene rings is 1. The maximum absolute atomic E-state index is 11.5. The summed E-state index contributed by atoms with van der Waals surface area (Å²) in [6, 6.07) is 7.39. The van der Waals surface area contributed by atoms with Crippen LogP contribution in [0.15, 0.2) is 29.8 Å². The van der Waals surface area contributed by atoms with Crippen molar-refractivity contribution < 1.29 is 18.7 Å². The van der Waals surface area contributed by atoms with Crippen molar-refractivity contribution in [1.82, 2.24) is 0 Å². The Bertz CT molecular complexity index is 688. The molecule has 1 atom stereocenters. The molecule has 5 rings (SSSR count). The van der Waals surface area contributed by atoms with Crippen LogP contribution >= 0.6 is 7.60 Å². The highest BCUT2D eigenvalue weighted by atomic mass is 31.2. The highest BCUT2D eigenvalue weighted by Gasteiger charge is 2.46. The van der Waals surface area contributed by atoms with Crippen LogP contribution in [0.5, 0.6) is 5.75 Å². The fourth-order valence-corrected chi connectivity index (χ4v) is 5.86. The quantitative estimate of drug-likeness (QED) is 0.633. The average Bonchev–Trinajstić information content (AvgIpc) is 2.48. The number of methoxy groups -OCH3 is 1. The fraction of sp³-hybridized carbons (Fsp3) is 0.579. The van der Waals surface area contributed by atoms with Crippen molar-refractivity contribution >= 4 is 13.4 Å². The van der Waals surface area contributed by atoms with Crippen LogP contribution in [0.3, 0.4) is 0 Å². The van der Waals surface area contributed by atoms with Crippen molar-refractivity contribution in [1.29, 1.82) is 0 Å². The second-order valence-corrected chi connectivity index (χ2v) is 9.50. The zero-order chi connectivity index (χ0) is 16.9. The lowest BCUT2D eigenvalue weighted by Gasteiger charge is -2.51. The summed E-state index contributed by atoms with van der Waals surface area (Å²) in [5, 5.41) is 0. The number of ether oxygens (including phenoxy) is 1. The fourth-order valence-electron chi connectivity index (χ4n) is 5.35. The van der Waals surface area contributed by atoms with Gasteiger partial charge in [0.15, 0.2) is 0 Å². The van der Waals surface area contributed by atoms with Crippen LogP contribution in [0.1, 0.15) is 37.7 Å². The molecule has 0 aromatic heterocycles. The number of allylic oxidation sites excluding steroid dienone is 1. The molecule has 4 bridgehead atoms. The van der Waals surface area contributed by atoms with Gasteiger partial charge in [0.2, 0.25) is 0 Å². The normalized spacial score (nSPS) is 33.2. The minimum atomic E-state index is -3.56. The molecule has 0 saturated heterocycles. The van der Waals surface area contributed by atoms with Crippen molar-refractivity contribution in [2.75, 3.05) is 13.8 Å². The van der Waals surface area contributed by atoms with Gasteiger partial charge in [-0.15, -0.1) is 0 Å². The van der Waals surface area contributed by atoms with E-state index in [0.29, 0.717) is 17.6 Å². The highest BCUT2D eigenvalue weighted by molar-refractivity contribution is 7.52. The Labute approximate surface area is 143 Å². The minimum absolute atomic E-state index is 0.416. The zero-order valence-corrected chi connectivity index (χ0v) is 15.2. The van der Waals surface area contributed by atoms with Gasteiger partial charge < -0.3 is 14.2 Å². The smallest absolute Gasteiger partial charge is 0.373 e. The molecule has 0 amide bonds. The second kappa shape index (κ2) is 5.93. The summed E-state index contributed by atoms with van der Waals surface area (Å²) in [6.07, 6.45) is 6.62. The monoisotopic (exact) mass is 348 g/mol. The highest BCUT2D eigenvalue weighted by Crippen LogP contribution is 2.58. The summed E-state index contributed by atoms with van der Waals surface area (Å²) in [6.45, 7) is 1.20. The van der Waals surface area contributed by atoms with E-state index in [-0.39, 0.29) is 0 Å². The largest absolute Gasteiger partial charge is 0.496 e. The molecule has 4 fully saturated rings. The van der Waals surface area contributed by atoms with Gasteiger partial charge in [0.1, 0.15) is 11.5 Å². The third-order valence-electron chi connectivity index (χ3n) is 5.86. The summed E-state index contributed by atoms with van der Waals surface area (Å²) >= 11 is 0. The Morgan fingerprint density at radius 1 is 1.12 bits per heavy atom. The Balaban J connectivity index is 1.71. The molecule has 0 aliphatic heterocycles. The van der Waals surface area contributed by atoms with Crippen LogP contribution in [-0.4, -0.2) is 18.7 Å². The molecule has 0 spiro atoms. The van der Waals surface area contributed by atoms with Gasteiger partial charge in [0.25, 0.3) is 0 Å². The average molecular weight is 348 g/mol. The molecule has 4 aliphatic carbocycles. The molecule has 130 valence electrons. The first kappa shape index (κ1) is 16.2. The van der Waals surface area contributed by atoms with E-state index in [9.17, 15) is 9.46 Å². The molecule has 0 radical (unpaired) electrons. The Morgan fingerprint density at radius 2 is 1.75 bits per heavy atom. The standard InChI is InChI=1S/C19H25O4P/c1-22-19(14-4-3-5-17(11-14)23-24(2,20)21)18-15-7-12-6-13(9-15)10-16(18)8-12/h3-5,11-13,15-16H,6-10H2,1-2H3,(H,20,21). The molecule has 1 N–H and O–H groups in total. The van der Waals surface area contributed by atoms with E-state index < -0.39 is 7.60 Å². The third kappa shape index (κ3) is 3.02. The molecule has 5 heteroatoms. The molecule has 4 aliphatic rings. The van der Waals surface area contributed by atoms with Gasteiger partial charge in [-0.3, -0.25) is 0 Å². The summed E-state index contributed by atoms with van der Waals surface area (Å²) in [5.74, 6) is 4.48. The molecule has 4 saturated carbocycles. The van der Waals surface area contributed by atoms with E-state index >= 15 is 0 Å². The number of rotatable bonds is 4. The Hall–Kier alpha value is -1.25. The summed E-state index contributed by atoms with van der Waals surface area (Å²) < 4.78 is 22.5. The summed E-state index contributed by atoms with van der Waals surface area (Å²) in [5.41, 5.74) is 2.43. The number of hydrogen-bond acceptors (Lipinski definition) is 3. The van der Waals surface area contributed by atoms with E-state index in [1.165, 1.54) is 44.3 Å². The predicted octanol–water partition coefficient (Wildman–Crippen LogP) is 4.69. The molecule has 24 heavy (non-hydrogen) atoms. The van der Waals surface area contributed by atoms with Crippen LogP contribution in [0.25, 0.3) is 5.76 Å². The number of hydrogen-bond donors (Lipinski definition) is 1. The lowest BCUT2D eigenvalue weighted by molar-refractivity contribution is 0.0675. The van der Waals surface area contributed by atoms with Crippen molar-refractivity contribution in [3.05, 3.63) is 35.4 Å². The Morgan fingerprint density at radius 3 is 2.29 bits per heavy atom. The van der Waals surface area contributed by atoms with Crippen LogP contribution in [-0.2, 0) is 9.30 Å². The van der Waals surface area contributed by atoms with Crippen molar-refractivity contribution in [3.8, 4) is 5.75 Å². The van der Waals surface area contributed by atoms with Crippen LogP contribution in [0.2, 0.25) is 0 Å².